The Hall–Kier alpha value is -0.660. The van der Waals surface area contributed by atoms with Crippen molar-refractivity contribution < 1.29 is 13.2 Å². The standard InChI is InChI=1S/C13H17ClF3N3S/c1-2-21-20-5-3-4-19(6-7-20)12-11(14)8-10(9-18-12)13(15,16)17/h8-9H,2-7H2,1H3. The zero-order valence-corrected chi connectivity index (χ0v) is 13.2. The molecule has 0 bridgehead atoms. The van der Waals surface area contributed by atoms with Gasteiger partial charge in [-0.15, -0.1) is 0 Å². The van der Waals surface area contributed by atoms with E-state index < -0.39 is 11.7 Å². The van der Waals surface area contributed by atoms with E-state index in [0.29, 0.717) is 12.4 Å². The number of rotatable bonds is 3. The number of hydrogen-bond acceptors (Lipinski definition) is 4. The van der Waals surface area contributed by atoms with E-state index in [1.165, 1.54) is 0 Å². The van der Waals surface area contributed by atoms with Crippen molar-refractivity contribution in [3.8, 4) is 0 Å². The van der Waals surface area contributed by atoms with Crippen molar-refractivity contribution in [2.24, 2.45) is 0 Å². The Labute approximate surface area is 131 Å². The number of halogens is 4. The Morgan fingerprint density at radius 2 is 2.05 bits per heavy atom. The summed E-state index contributed by atoms with van der Waals surface area (Å²) in [4.78, 5) is 5.89. The van der Waals surface area contributed by atoms with Gasteiger partial charge in [-0.1, -0.05) is 30.5 Å². The molecule has 2 rings (SSSR count). The average molecular weight is 340 g/mol. The monoisotopic (exact) mass is 339 g/mol. The number of aromatic nitrogens is 1. The molecule has 0 atom stereocenters. The molecule has 1 aromatic rings. The maximum Gasteiger partial charge on any atom is 0.417 e. The molecule has 1 saturated heterocycles. The molecule has 1 aromatic heterocycles. The molecule has 0 aliphatic carbocycles. The first-order valence-electron chi connectivity index (χ1n) is 6.77. The van der Waals surface area contributed by atoms with Gasteiger partial charge in [0.15, 0.2) is 0 Å². The predicted molar refractivity (Wildman–Crippen MR) is 80.8 cm³/mol. The molecule has 1 aliphatic rings. The van der Waals surface area contributed by atoms with Crippen molar-refractivity contribution in [3.63, 3.8) is 0 Å². The molecular formula is C13H17ClF3N3S. The summed E-state index contributed by atoms with van der Waals surface area (Å²) in [5.74, 6) is 1.45. The topological polar surface area (TPSA) is 19.4 Å². The van der Waals surface area contributed by atoms with Crippen LogP contribution in [0.5, 0.6) is 0 Å². The molecule has 21 heavy (non-hydrogen) atoms. The average Bonchev–Trinajstić information content (AvgIpc) is 2.64. The summed E-state index contributed by atoms with van der Waals surface area (Å²) in [5.41, 5.74) is -0.811. The first kappa shape index (κ1) is 16.7. The third-order valence-corrected chi connectivity index (χ3v) is 4.48. The first-order valence-corrected chi connectivity index (χ1v) is 8.09. The fraction of sp³-hybridized carbons (Fsp3) is 0.615. The molecular weight excluding hydrogens is 323 g/mol. The second kappa shape index (κ2) is 7.07. The lowest BCUT2D eigenvalue weighted by Crippen LogP contribution is -2.29. The highest BCUT2D eigenvalue weighted by Crippen LogP contribution is 2.33. The molecule has 0 aromatic carbocycles. The van der Waals surface area contributed by atoms with Crippen molar-refractivity contribution in [2.45, 2.75) is 19.5 Å². The first-order chi connectivity index (χ1) is 9.91. The fourth-order valence-corrected chi connectivity index (χ4v) is 3.36. The van der Waals surface area contributed by atoms with E-state index in [4.69, 9.17) is 11.6 Å². The van der Waals surface area contributed by atoms with E-state index in [1.807, 2.05) is 4.90 Å². The summed E-state index contributed by atoms with van der Waals surface area (Å²) in [6.45, 7) is 5.37. The minimum Gasteiger partial charge on any atom is -0.354 e. The van der Waals surface area contributed by atoms with Gasteiger partial charge in [0.25, 0.3) is 0 Å². The van der Waals surface area contributed by atoms with Crippen LogP contribution in [-0.2, 0) is 6.18 Å². The Balaban J connectivity index is 2.11. The van der Waals surface area contributed by atoms with Crippen molar-refractivity contribution in [2.75, 3.05) is 36.8 Å². The smallest absolute Gasteiger partial charge is 0.354 e. The third-order valence-electron chi connectivity index (χ3n) is 3.22. The minimum atomic E-state index is -4.41. The number of alkyl halides is 3. The van der Waals surface area contributed by atoms with Gasteiger partial charge in [-0.25, -0.2) is 9.29 Å². The highest BCUT2D eigenvalue weighted by atomic mass is 35.5. The van der Waals surface area contributed by atoms with Gasteiger partial charge in [0.1, 0.15) is 5.82 Å². The summed E-state index contributed by atoms with van der Waals surface area (Å²) in [6, 6.07) is 0.952. The van der Waals surface area contributed by atoms with Crippen LogP contribution in [0.4, 0.5) is 19.0 Å². The summed E-state index contributed by atoms with van der Waals surface area (Å²) in [6.07, 6.45) is -2.63. The van der Waals surface area contributed by atoms with Crippen LogP contribution in [-0.4, -0.2) is 41.2 Å². The number of hydrogen-bond donors (Lipinski definition) is 0. The molecule has 8 heteroatoms. The molecule has 0 spiro atoms. The molecule has 0 saturated carbocycles. The highest BCUT2D eigenvalue weighted by molar-refractivity contribution is 7.96. The molecule has 0 amide bonds. The molecule has 0 unspecified atom stereocenters. The summed E-state index contributed by atoms with van der Waals surface area (Å²) >= 11 is 7.77. The van der Waals surface area contributed by atoms with Crippen LogP contribution in [0.2, 0.25) is 5.02 Å². The van der Waals surface area contributed by atoms with Gasteiger partial charge < -0.3 is 4.90 Å². The van der Waals surface area contributed by atoms with E-state index in [9.17, 15) is 13.2 Å². The van der Waals surface area contributed by atoms with Crippen LogP contribution in [0, 0.1) is 0 Å². The van der Waals surface area contributed by atoms with Gasteiger partial charge in [-0.05, 0) is 12.5 Å². The zero-order valence-electron chi connectivity index (χ0n) is 11.7. The minimum absolute atomic E-state index is 0.0569. The second-order valence-electron chi connectivity index (χ2n) is 4.71. The van der Waals surface area contributed by atoms with E-state index in [2.05, 4.69) is 16.2 Å². The molecule has 1 fully saturated rings. The molecule has 2 heterocycles. The molecule has 3 nitrogen and oxygen atoms in total. The summed E-state index contributed by atoms with van der Waals surface area (Å²) in [7, 11) is 0. The molecule has 0 N–H and O–H groups in total. The Bertz CT molecular complexity index is 484. The molecule has 1 aliphatic heterocycles. The van der Waals surface area contributed by atoms with Crippen molar-refractivity contribution in [1.82, 2.24) is 9.29 Å². The maximum absolute atomic E-state index is 12.6. The Morgan fingerprint density at radius 1 is 1.29 bits per heavy atom. The Morgan fingerprint density at radius 3 is 2.67 bits per heavy atom. The van der Waals surface area contributed by atoms with Crippen molar-refractivity contribution >= 4 is 29.4 Å². The van der Waals surface area contributed by atoms with E-state index in [-0.39, 0.29) is 5.02 Å². The number of anilines is 1. The summed E-state index contributed by atoms with van der Waals surface area (Å²) in [5, 5.41) is 0.0569. The number of nitrogens with zero attached hydrogens (tertiary/aromatic N) is 3. The van der Waals surface area contributed by atoms with Crippen molar-refractivity contribution in [3.05, 3.63) is 22.8 Å². The van der Waals surface area contributed by atoms with Gasteiger partial charge >= 0.3 is 6.18 Å². The fourth-order valence-electron chi connectivity index (χ4n) is 2.24. The lowest BCUT2D eigenvalue weighted by atomic mass is 10.2. The molecule has 118 valence electrons. The normalized spacial score (nSPS) is 17.9. The molecule has 0 radical (unpaired) electrons. The van der Waals surface area contributed by atoms with Crippen LogP contribution in [0.1, 0.15) is 18.9 Å². The van der Waals surface area contributed by atoms with Crippen LogP contribution in [0.15, 0.2) is 12.3 Å². The van der Waals surface area contributed by atoms with E-state index in [1.54, 1.807) is 11.9 Å². The third kappa shape index (κ3) is 4.40. The van der Waals surface area contributed by atoms with Gasteiger partial charge in [0, 0.05) is 38.1 Å². The van der Waals surface area contributed by atoms with E-state index in [0.717, 1.165) is 44.1 Å². The van der Waals surface area contributed by atoms with Crippen LogP contribution in [0.25, 0.3) is 0 Å². The van der Waals surface area contributed by atoms with Gasteiger partial charge in [0.2, 0.25) is 0 Å². The van der Waals surface area contributed by atoms with Crippen LogP contribution in [0.3, 0.4) is 0 Å². The highest BCUT2D eigenvalue weighted by Gasteiger charge is 2.32. The zero-order chi connectivity index (χ0) is 15.5. The lowest BCUT2D eigenvalue weighted by Gasteiger charge is -2.23. The SMILES string of the molecule is CCSN1CCCN(c2ncc(C(F)(F)F)cc2Cl)CC1. The summed E-state index contributed by atoms with van der Waals surface area (Å²) < 4.78 is 40.1. The van der Waals surface area contributed by atoms with Crippen LogP contribution < -0.4 is 4.90 Å². The maximum atomic E-state index is 12.6. The van der Waals surface area contributed by atoms with E-state index >= 15 is 0 Å². The predicted octanol–water partition coefficient (Wildman–Crippen LogP) is 3.93. The second-order valence-corrected chi connectivity index (χ2v) is 6.47. The van der Waals surface area contributed by atoms with Crippen molar-refractivity contribution in [1.29, 1.82) is 0 Å². The van der Waals surface area contributed by atoms with Gasteiger partial charge in [-0.3, -0.25) is 0 Å². The quantitative estimate of drug-likeness (QED) is 0.777. The van der Waals surface area contributed by atoms with Gasteiger partial charge in [0.05, 0.1) is 10.6 Å². The Kier molecular flexibility index (Phi) is 5.62. The van der Waals surface area contributed by atoms with Gasteiger partial charge in [-0.2, -0.15) is 13.2 Å². The lowest BCUT2D eigenvalue weighted by molar-refractivity contribution is -0.137. The van der Waals surface area contributed by atoms with Crippen LogP contribution >= 0.6 is 23.5 Å². The number of pyridine rings is 1. The largest absolute Gasteiger partial charge is 0.417 e.